The van der Waals surface area contributed by atoms with Crippen LogP contribution in [0.3, 0.4) is 0 Å². The van der Waals surface area contributed by atoms with E-state index in [-0.39, 0.29) is 24.0 Å². The lowest BCUT2D eigenvalue weighted by Gasteiger charge is -2.14. The number of aromatic nitrogens is 1. The molecule has 1 aliphatic rings. The van der Waals surface area contributed by atoms with Crippen LogP contribution in [-0.4, -0.2) is 37.2 Å². The van der Waals surface area contributed by atoms with Crippen molar-refractivity contribution in [3.63, 3.8) is 0 Å². The first-order valence-corrected chi connectivity index (χ1v) is 11.1. The van der Waals surface area contributed by atoms with Crippen molar-refractivity contribution in [2.24, 2.45) is 4.99 Å². The number of rotatable bonds is 7. The number of benzene rings is 1. The molecule has 1 aromatic carbocycles. The van der Waals surface area contributed by atoms with Crippen molar-refractivity contribution in [1.82, 2.24) is 10.3 Å². The summed E-state index contributed by atoms with van der Waals surface area (Å²) in [6.07, 6.45) is 4.46. The molecule has 0 aliphatic carbocycles. The van der Waals surface area contributed by atoms with Crippen LogP contribution in [0, 0.1) is 0 Å². The molecule has 2 aromatic heterocycles. The topological polar surface area (TPSA) is 67.8 Å². The molecule has 2 N–H and O–H groups in total. The van der Waals surface area contributed by atoms with Gasteiger partial charge in [-0.05, 0) is 35.7 Å². The average molecular weight is 550 g/mol. The number of halogens is 1. The Labute approximate surface area is 204 Å². The Morgan fingerprint density at radius 2 is 1.94 bits per heavy atom. The van der Waals surface area contributed by atoms with Crippen molar-refractivity contribution in [1.29, 1.82) is 0 Å². The van der Waals surface area contributed by atoms with E-state index in [9.17, 15) is 0 Å². The van der Waals surface area contributed by atoms with E-state index in [0.29, 0.717) is 19.8 Å². The van der Waals surface area contributed by atoms with Crippen LogP contribution in [0.5, 0.6) is 11.5 Å². The summed E-state index contributed by atoms with van der Waals surface area (Å²) in [7, 11) is 0. The van der Waals surface area contributed by atoms with Crippen molar-refractivity contribution in [3.05, 3.63) is 70.7 Å². The summed E-state index contributed by atoms with van der Waals surface area (Å²) >= 11 is 1.76. The van der Waals surface area contributed by atoms with Crippen LogP contribution in [0.25, 0.3) is 0 Å². The molecule has 0 amide bonds. The molecule has 164 valence electrons. The maximum atomic E-state index is 5.81. The number of hydrogen-bond acceptors (Lipinski definition) is 5. The fourth-order valence-corrected chi connectivity index (χ4v) is 3.80. The number of ether oxygens (including phenoxy) is 2. The van der Waals surface area contributed by atoms with Crippen molar-refractivity contribution >= 4 is 47.0 Å². The fraction of sp³-hybridized carbons (Fsp3) is 0.304. The zero-order chi connectivity index (χ0) is 20.4. The molecule has 0 atom stereocenters. The smallest absolute Gasteiger partial charge is 0.195 e. The predicted molar refractivity (Wildman–Crippen MR) is 137 cm³/mol. The molecule has 0 saturated heterocycles. The van der Waals surface area contributed by atoms with Crippen molar-refractivity contribution in [2.45, 2.75) is 19.3 Å². The second kappa shape index (κ2) is 12.5. The standard InChI is InChI=1S/C23H26N4O2S.HI/c1-2-11-24-18(5-1)9-12-25-23(26-13-10-20-6-3-16-30-20)27-19-7-8-21-22(17-19)29-15-4-14-28-21;/h1-3,5-8,11,16-17H,4,9-10,12-15H2,(H2,25,26,27);1H. The van der Waals surface area contributed by atoms with Gasteiger partial charge in [0.2, 0.25) is 0 Å². The Morgan fingerprint density at radius 3 is 2.74 bits per heavy atom. The first-order valence-electron chi connectivity index (χ1n) is 10.2. The molecule has 0 saturated carbocycles. The summed E-state index contributed by atoms with van der Waals surface area (Å²) in [5.41, 5.74) is 1.97. The van der Waals surface area contributed by atoms with E-state index < -0.39 is 0 Å². The largest absolute Gasteiger partial charge is 0.490 e. The number of aliphatic imine (C=N–C) groups is 1. The number of nitrogens with zero attached hydrogens (tertiary/aromatic N) is 2. The van der Waals surface area contributed by atoms with Gasteiger partial charge in [-0.3, -0.25) is 9.98 Å². The minimum atomic E-state index is 0. The summed E-state index contributed by atoms with van der Waals surface area (Å²) in [4.78, 5) is 10.5. The highest BCUT2D eigenvalue weighted by Crippen LogP contribution is 2.32. The second-order valence-corrected chi connectivity index (χ2v) is 7.93. The molecule has 6 nitrogen and oxygen atoms in total. The summed E-state index contributed by atoms with van der Waals surface area (Å²) < 4.78 is 11.5. The van der Waals surface area contributed by atoms with Gasteiger partial charge in [0.25, 0.3) is 0 Å². The number of hydrogen-bond donors (Lipinski definition) is 2. The molecule has 4 rings (SSSR count). The molecule has 1 aliphatic heterocycles. The van der Waals surface area contributed by atoms with Gasteiger partial charge in [-0.1, -0.05) is 12.1 Å². The SMILES string of the molecule is I.c1ccc(CCNC(=NCCc2cccs2)Nc2ccc3c(c2)OCCCO3)nc1. The third kappa shape index (κ3) is 7.39. The summed E-state index contributed by atoms with van der Waals surface area (Å²) in [5.74, 6) is 2.30. The van der Waals surface area contributed by atoms with E-state index in [2.05, 4.69) is 33.1 Å². The third-order valence-electron chi connectivity index (χ3n) is 4.62. The Bertz CT molecular complexity index is 951. The zero-order valence-corrected chi connectivity index (χ0v) is 20.4. The highest BCUT2D eigenvalue weighted by molar-refractivity contribution is 14.0. The molecular formula is C23H27IN4O2S. The monoisotopic (exact) mass is 550 g/mol. The highest BCUT2D eigenvalue weighted by Gasteiger charge is 2.11. The van der Waals surface area contributed by atoms with Gasteiger partial charge >= 0.3 is 0 Å². The normalized spacial score (nSPS) is 13.1. The first-order chi connectivity index (χ1) is 14.9. The van der Waals surface area contributed by atoms with Crippen LogP contribution in [0.1, 0.15) is 17.0 Å². The van der Waals surface area contributed by atoms with Crippen LogP contribution in [0.2, 0.25) is 0 Å². The summed E-state index contributed by atoms with van der Waals surface area (Å²) in [5, 5.41) is 8.92. The molecule has 3 aromatic rings. The molecule has 0 radical (unpaired) electrons. The number of nitrogens with one attached hydrogen (secondary N) is 2. The van der Waals surface area contributed by atoms with Gasteiger partial charge in [0, 0.05) is 60.9 Å². The van der Waals surface area contributed by atoms with Crippen LogP contribution >= 0.6 is 35.3 Å². The number of pyridine rings is 1. The van der Waals surface area contributed by atoms with Crippen LogP contribution in [0.15, 0.2) is 65.1 Å². The van der Waals surface area contributed by atoms with Gasteiger partial charge in [0.05, 0.1) is 13.2 Å². The van der Waals surface area contributed by atoms with E-state index in [1.165, 1.54) is 4.88 Å². The van der Waals surface area contributed by atoms with E-state index in [1.807, 2.05) is 42.6 Å². The molecule has 0 unspecified atom stereocenters. The predicted octanol–water partition coefficient (Wildman–Crippen LogP) is 4.77. The molecule has 31 heavy (non-hydrogen) atoms. The Morgan fingerprint density at radius 1 is 1.03 bits per heavy atom. The van der Waals surface area contributed by atoms with Crippen molar-refractivity contribution in [3.8, 4) is 11.5 Å². The molecule has 0 bridgehead atoms. The lowest BCUT2D eigenvalue weighted by atomic mass is 10.2. The second-order valence-electron chi connectivity index (χ2n) is 6.89. The van der Waals surface area contributed by atoms with Gasteiger partial charge in [0.15, 0.2) is 17.5 Å². The average Bonchev–Trinajstić information content (AvgIpc) is 3.18. The minimum absolute atomic E-state index is 0. The fourth-order valence-electron chi connectivity index (χ4n) is 3.11. The summed E-state index contributed by atoms with van der Waals surface area (Å²) in [6, 6.07) is 16.1. The Hall–Kier alpha value is -2.33. The maximum Gasteiger partial charge on any atom is 0.195 e. The lowest BCUT2D eigenvalue weighted by molar-refractivity contribution is 0.297. The van der Waals surface area contributed by atoms with E-state index in [1.54, 1.807) is 11.3 Å². The van der Waals surface area contributed by atoms with Crippen LogP contribution in [-0.2, 0) is 12.8 Å². The maximum absolute atomic E-state index is 5.81. The number of fused-ring (bicyclic) bond motifs is 1. The van der Waals surface area contributed by atoms with E-state index >= 15 is 0 Å². The van der Waals surface area contributed by atoms with Gasteiger partial charge in [0.1, 0.15) is 0 Å². The van der Waals surface area contributed by atoms with Crippen molar-refractivity contribution in [2.75, 3.05) is 31.6 Å². The van der Waals surface area contributed by atoms with Crippen molar-refractivity contribution < 1.29 is 9.47 Å². The van der Waals surface area contributed by atoms with E-state index in [0.717, 1.165) is 54.6 Å². The molecule has 0 spiro atoms. The highest BCUT2D eigenvalue weighted by atomic mass is 127. The summed E-state index contributed by atoms with van der Waals surface area (Å²) in [6.45, 7) is 2.81. The van der Waals surface area contributed by atoms with Crippen LogP contribution in [0.4, 0.5) is 5.69 Å². The van der Waals surface area contributed by atoms with E-state index in [4.69, 9.17) is 14.5 Å². The third-order valence-corrected chi connectivity index (χ3v) is 5.55. The number of thiophene rings is 1. The molecule has 3 heterocycles. The minimum Gasteiger partial charge on any atom is -0.490 e. The van der Waals surface area contributed by atoms with Gasteiger partial charge in [-0.25, -0.2) is 0 Å². The lowest BCUT2D eigenvalue weighted by Crippen LogP contribution is -2.33. The Balaban J connectivity index is 0.00000272. The quantitative estimate of drug-likeness (QED) is 0.252. The molecule has 8 heteroatoms. The molecular weight excluding hydrogens is 523 g/mol. The zero-order valence-electron chi connectivity index (χ0n) is 17.3. The number of anilines is 1. The van der Waals surface area contributed by atoms with Gasteiger partial charge < -0.3 is 20.1 Å². The van der Waals surface area contributed by atoms with Crippen LogP contribution < -0.4 is 20.1 Å². The first kappa shape index (κ1) is 23.3. The molecule has 0 fully saturated rings. The van der Waals surface area contributed by atoms with Gasteiger partial charge in [-0.2, -0.15) is 0 Å². The van der Waals surface area contributed by atoms with Gasteiger partial charge in [-0.15, -0.1) is 35.3 Å². The number of guanidine groups is 1. The Kier molecular flexibility index (Phi) is 9.41.